The Morgan fingerprint density at radius 2 is 1.78 bits per heavy atom. The zero-order valence-electron chi connectivity index (χ0n) is 18.9. The predicted molar refractivity (Wildman–Crippen MR) is 139 cm³/mol. The first-order valence-corrected chi connectivity index (χ1v) is 14.3. The lowest BCUT2D eigenvalue weighted by Gasteiger charge is -2.19. The van der Waals surface area contributed by atoms with Crippen LogP contribution in [0.2, 0.25) is 5.02 Å². The minimum atomic E-state index is -4.09. The second-order valence-electron chi connectivity index (χ2n) is 7.90. The van der Waals surface area contributed by atoms with Gasteiger partial charge in [0.25, 0.3) is 10.0 Å². The van der Waals surface area contributed by atoms with Gasteiger partial charge in [0.2, 0.25) is 16.0 Å². The van der Waals surface area contributed by atoms with Crippen LogP contribution in [0.1, 0.15) is 17.0 Å². The molecule has 0 radical (unpaired) electrons. The molecule has 1 aromatic heterocycles. The molecule has 0 saturated heterocycles. The Hall–Kier alpha value is -3.32. The Morgan fingerprint density at radius 3 is 2.42 bits per heavy atom. The van der Waals surface area contributed by atoms with Crippen molar-refractivity contribution in [1.29, 1.82) is 0 Å². The smallest absolute Gasteiger partial charge is 0.263 e. The highest BCUT2D eigenvalue weighted by atomic mass is 35.5. The second-order valence-corrected chi connectivity index (χ2v) is 11.8. The van der Waals surface area contributed by atoms with Crippen LogP contribution in [-0.4, -0.2) is 57.3 Å². The SMILES string of the molecule is NS(=O)(=O)CCN=C(NS(=O)(=O)c1cccnc1)N1C[C@@H](c2ccccc2)C(c2ccc(Cl)cc2)=N1. The molecule has 188 valence electrons. The van der Waals surface area contributed by atoms with Crippen molar-refractivity contribution in [2.75, 3.05) is 18.8 Å². The highest BCUT2D eigenvalue weighted by Crippen LogP contribution is 2.29. The van der Waals surface area contributed by atoms with Crippen LogP contribution in [0.15, 0.2) is 94.1 Å². The first kappa shape index (κ1) is 25.8. The lowest BCUT2D eigenvalue weighted by Crippen LogP contribution is -2.41. The fraction of sp³-hybridized carbons (Fsp3) is 0.174. The van der Waals surface area contributed by atoms with Gasteiger partial charge in [-0.2, -0.15) is 5.10 Å². The molecular weight excluding hydrogens is 524 g/mol. The molecule has 1 atom stereocenters. The summed E-state index contributed by atoms with van der Waals surface area (Å²) < 4.78 is 51.4. The van der Waals surface area contributed by atoms with E-state index in [1.165, 1.54) is 29.5 Å². The number of pyridine rings is 1. The Kier molecular flexibility index (Phi) is 7.69. The van der Waals surface area contributed by atoms with Crippen LogP contribution in [-0.2, 0) is 20.0 Å². The molecule has 0 fully saturated rings. The fourth-order valence-corrected chi connectivity index (χ4v) is 5.05. The number of nitrogens with two attached hydrogens (primary N) is 1. The van der Waals surface area contributed by atoms with Gasteiger partial charge in [-0.1, -0.05) is 54.1 Å². The van der Waals surface area contributed by atoms with E-state index >= 15 is 0 Å². The van der Waals surface area contributed by atoms with E-state index in [9.17, 15) is 16.8 Å². The van der Waals surface area contributed by atoms with Crippen molar-refractivity contribution in [1.82, 2.24) is 14.7 Å². The Morgan fingerprint density at radius 1 is 1.06 bits per heavy atom. The summed E-state index contributed by atoms with van der Waals surface area (Å²) in [7, 11) is -7.90. The Bertz CT molecular complexity index is 1480. The number of hydrogen-bond donors (Lipinski definition) is 2. The van der Waals surface area contributed by atoms with E-state index in [0.29, 0.717) is 10.7 Å². The average molecular weight is 547 g/mol. The number of benzene rings is 2. The molecular formula is C23H23ClN6O4S2. The maximum Gasteiger partial charge on any atom is 0.265 e. The number of nitrogens with one attached hydrogen (secondary N) is 1. The third kappa shape index (κ3) is 6.46. The lowest BCUT2D eigenvalue weighted by molar-refractivity contribution is 0.461. The summed E-state index contributed by atoms with van der Waals surface area (Å²) in [5.74, 6) is -0.819. The van der Waals surface area contributed by atoms with E-state index in [4.69, 9.17) is 21.8 Å². The van der Waals surface area contributed by atoms with Crippen LogP contribution < -0.4 is 9.86 Å². The summed E-state index contributed by atoms with van der Waals surface area (Å²) in [5, 5.41) is 11.8. The number of sulfonamides is 2. The monoisotopic (exact) mass is 546 g/mol. The second kappa shape index (κ2) is 10.7. The highest BCUT2D eigenvalue weighted by Gasteiger charge is 2.33. The first-order valence-electron chi connectivity index (χ1n) is 10.8. The van der Waals surface area contributed by atoms with Crippen molar-refractivity contribution in [2.24, 2.45) is 15.2 Å². The zero-order chi connectivity index (χ0) is 25.8. The number of guanidine groups is 1. The Labute approximate surface area is 214 Å². The number of hydrazone groups is 1. The molecule has 1 aliphatic rings. The van der Waals surface area contributed by atoms with Crippen molar-refractivity contribution >= 4 is 43.3 Å². The van der Waals surface area contributed by atoms with Crippen molar-refractivity contribution in [2.45, 2.75) is 10.8 Å². The summed E-state index contributed by atoms with van der Waals surface area (Å²) in [4.78, 5) is 7.99. The average Bonchev–Trinajstić information content (AvgIpc) is 3.30. The van der Waals surface area contributed by atoms with Gasteiger partial charge in [0.15, 0.2) is 0 Å². The van der Waals surface area contributed by atoms with Gasteiger partial charge in [-0.05, 0) is 35.4 Å². The van der Waals surface area contributed by atoms with Gasteiger partial charge in [-0.15, -0.1) is 0 Å². The predicted octanol–water partition coefficient (Wildman–Crippen LogP) is 2.16. The highest BCUT2D eigenvalue weighted by molar-refractivity contribution is 7.90. The van der Waals surface area contributed by atoms with Crippen molar-refractivity contribution in [3.05, 3.63) is 95.3 Å². The van der Waals surface area contributed by atoms with Gasteiger partial charge in [0, 0.05) is 23.3 Å². The van der Waals surface area contributed by atoms with Gasteiger partial charge < -0.3 is 0 Å². The molecule has 0 amide bonds. The minimum absolute atomic E-state index is 0.0788. The quantitative estimate of drug-likeness (QED) is 0.343. The molecule has 36 heavy (non-hydrogen) atoms. The molecule has 10 nitrogen and oxygen atoms in total. The molecule has 0 bridgehead atoms. The molecule has 3 N–H and O–H groups in total. The number of rotatable bonds is 7. The normalized spacial score (nSPS) is 16.6. The fourth-order valence-electron chi connectivity index (χ4n) is 3.59. The van der Waals surface area contributed by atoms with Gasteiger partial charge in [0.05, 0.1) is 24.6 Å². The van der Waals surface area contributed by atoms with Crippen molar-refractivity contribution < 1.29 is 16.8 Å². The van der Waals surface area contributed by atoms with Crippen molar-refractivity contribution in [3.8, 4) is 0 Å². The number of halogens is 1. The summed E-state index contributed by atoms with van der Waals surface area (Å²) in [6.45, 7) is -0.00618. The lowest BCUT2D eigenvalue weighted by atomic mass is 9.91. The van der Waals surface area contributed by atoms with Crippen LogP contribution in [0.3, 0.4) is 0 Å². The molecule has 13 heteroatoms. The van der Waals surface area contributed by atoms with Gasteiger partial charge in [-0.3, -0.25) is 4.98 Å². The summed E-state index contributed by atoms with van der Waals surface area (Å²) in [5.41, 5.74) is 2.44. The first-order chi connectivity index (χ1) is 17.1. The minimum Gasteiger partial charge on any atom is -0.263 e. The molecule has 3 aromatic rings. The van der Waals surface area contributed by atoms with E-state index in [0.717, 1.165) is 11.1 Å². The number of nitrogens with zero attached hydrogens (tertiary/aromatic N) is 4. The van der Waals surface area contributed by atoms with Crippen LogP contribution in [0, 0.1) is 0 Å². The maximum atomic E-state index is 13.0. The van der Waals surface area contributed by atoms with Crippen LogP contribution in [0.5, 0.6) is 0 Å². The third-order valence-corrected chi connectivity index (χ3v) is 7.63. The molecule has 0 aliphatic carbocycles. The van der Waals surface area contributed by atoms with Gasteiger partial charge in [-0.25, -0.2) is 36.7 Å². The number of aromatic nitrogens is 1. The summed E-state index contributed by atoms with van der Waals surface area (Å²) in [6, 6.07) is 19.7. The summed E-state index contributed by atoms with van der Waals surface area (Å²) >= 11 is 6.07. The van der Waals surface area contributed by atoms with Gasteiger partial charge in [0.1, 0.15) is 4.90 Å². The van der Waals surface area contributed by atoms with E-state index in [1.807, 2.05) is 42.5 Å². The van der Waals surface area contributed by atoms with Gasteiger partial charge >= 0.3 is 0 Å². The van der Waals surface area contributed by atoms with Crippen LogP contribution in [0.4, 0.5) is 0 Å². The van der Waals surface area contributed by atoms with Crippen LogP contribution >= 0.6 is 11.6 Å². The number of hydrogen-bond acceptors (Lipinski definition) is 7. The molecule has 4 rings (SSSR count). The Balaban J connectivity index is 1.74. The zero-order valence-corrected chi connectivity index (χ0v) is 21.3. The van der Waals surface area contributed by atoms with E-state index in [-0.39, 0.29) is 29.9 Å². The topological polar surface area (TPSA) is 147 Å². The van der Waals surface area contributed by atoms with E-state index in [2.05, 4.69) is 14.7 Å². The molecule has 0 unspecified atom stereocenters. The molecule has 0 saturated carbocycles. The number of aliphatic imine (C=N–C) groups is 1. The van der Waals surface area contributed by atoms with E-state index < -0.39 is 25.8 Å². The standard InChI is InChI=1S/C23H23ClN6O4S2/c24-19-10-8-18(9-11-19)22-21(17-5-2-1-3-6-17)16-30(28-22)23(27-13-14-35(25,31)32)29-36(33,34)20-7-4-12-26-15-20/h1-12,15,21H,13-14,16H2,(H,27,29)(H2,25,31,32)/t21-/m0/s1. The molecule has 2 heterocycles. The molecule has 0 spiro atoms. The number of primary sulfonamides is 1. The largest absolute Gasteiger partial charge is 0.265 e. The summed E-state index contributed by atoms with van der Waals surface area (Å²) in [6.07, 6.45) is 2.65. The van der Waals surface area contributed by atoms with E-state index in [1.54, 1.807) is 12.1 Å². The van der Waals surface area contributed by atoms with Crippen molar-refractivity contribution in [3.63, 3.8) is 0 Å². The molecule has 2 aromatic carbocycles. The third-order valence-electron chi connectivity index (χ3n) is 5.31. The van der Waals surface area contributed by atoms with Crippen LogP contribution in [0.25, 0.3) is 0 Å². The molecule has 1 aliphatic heterocycles. The maximum absolute atomic E-state index is 13.0.